The second-order valence-corrected chi connectivity index (χ2v) is 4.22. The zero-order chi connectivity index (χ0) is 10.7. The lowest BCUT2D eigenvalue weighted by Crippen LogP contribution is -2.08. The maximum atomic E-state index is 11.1. The van der Waals surface area contributed by atoms with Crippen molar-refractivity contribution in [3.05, 3.63) is 23.8 Å². The van der Waals surface area contributed by atoms with E-state index in [1.807, 2.05) is 19.9 Å². The Labute approximate surface area is 86.4 Å². The molecule has 1 aromatic rings. The molecule has 0 aliphatic carbocycles. The van der Waals surface area contributed by atoms with Crippen molar-refractivity contribution in [2.45, 2.75) is 31.8 Å². The summed E-state index contributed by atoms with van der Waals surface area (Å²) in [7, 11) is 0. The van der Waals surface area contributed by atoms with Crippen molar-refractivity contribution in [3.8, 4) is 5.75 Å². The molecule has 0 saturated heterocycles. The van der Waals surface area contributed by atoms with E-state index in [0.29, 0.717) is 10.6 Å². The first-order valence-electron chi connectivity index (χ1n) is 4.39. The predicted molar refractivity (Wildman–Crippen MR) is 56.0 cm³/mol. The Hall–Kier alpha value is -0.870. The average molecular weight is 214 g/mol. The fourth-order valence-electron chi connectivity index (χ4n) is 1.20. The lowest BCUT2D eigenvalue weighted by Gasteiger charge is -2.13. The van der Waals surface area contributed by atoms with Gasteiger partial charge in [0.25, 0.3) is 0 Å². The molecule has 0 aliphatic rings. The molecule has 0 radical (unpaired) electrons. The Morgan fingerprint density at radius 1 is 1.43 bits per heavy atom. The van der Waals surface area contributed by atoms with Crippen LogP contribution in [0.1, 0.15) is 19.4 Å². The summed E-state index contributed by atoms with van der Waals surface area (Å²) in [6.07, 6.45) is -0.000833. The van der Waals surface area contributed by atoms with Crippen molar-refractivity contribution >= 4 is 11.1 Å². The van der Waals surface area contributed by atoms with Gasteiger partial charge in [0.15, 0.2) is 11.1 Å². The van der Waals surface area contributed by atoms with Crippen molar-refractivity contribution in [2.75, 3.05) is 0 Å². The van der Waals surface area contributed by atoms with Gasteiger partial charge in [0.2, 0.25) is 0 Å². The summed E-state index contributed by atoms with van der Waals surface area (Å²) in [5.74, 6) is 0.487. The first-order valence-corrected chi connectivity index (χ1v) is 5.50. The van der Waals surface area contributed by atoms with Crippen LogP contribution in [-0.4, -0.2) is 14.9 Å². The number of hydrogen-bond donors (Lipinski definition) is 1. The molecule has 1 aromatic carbocycles. The minimum atomic E-state index is -1.99. The molecule has 14 heavy (non-hydrogen) atoms. The maximum Gasteiger partial charge on any atom is 0.190 e. The van der Waals surface area contributed by atoms with Crippen LogP contribution in [0.3, 0.4) is 0 Å². The molecular weight excluding hydrogens is 200 g/mol. The molecule has 0 bridgehead atoms. The van der Waals surface area contributed by atoms with Gasteiger partial charge in [-0.25, -0.2) is 4.21 Å². The second kappa shape index (κ2) is 4.57. The molecule has 0 spiro atoms. The van der Waals surface area contributed by atoms with E-state index in [2.05, 4.69) is 0 Å². The van der Waals surface area contributed by atoms with E-state index in [0.717, 1.165) is 5.56 Å². The zero-order valence-electron chi connectivity index (χ0n) is 8.48. The summed E-state index contributed by atoms with van der Waals surface area (Å²) in [6.45, 7) is 5.55. The first-order chi connectivity index (χ1) is 6.52. The van der Waals surface area contributed by atoms with Crippen LogP contribution in [0.4, 0.5) is 0 Å². The molecule has 3 nitrogen and oxygen atoms in total. The Bertz CT molecular complexity index is 347. The van der Waals surface area contributed by atoms with Crippen molar-refractivity contribution in [2.24, 2.45) is 0 Å². The van der Waals surface area contributed by atoms with Gasteiger partial charge in [0.05, 0.1) is 6.10 Å². The maximum absolute atomic E-state index is 11.1. The number of benzene rings is 1. The van der Waals surface area contributed by atoms with E-state index in [-0.39, 0.29) is 6.10 Å². The van der Waals surface area contributed by atoms with Crippen LogP contribution in [0, 0.1) is 6.92 Å². The summed E-state index contributed by atoms with van der Waals surface area (Å²) in [6, 6.07) is 5.30. The van der Waals surface area contributed by atoms with Crippen LogP contribution >= 0.6 is 0 Å². The summed E-state index contributed by atoms with van der Waals surface area (Å²) in [5, 5.41) is 0. The molecule has 4 heteroatoms. The quantitative estimate of drug-likeness (QED) is 0.786. The average Bonchev–Trinajstić information content (AvgIpc) is 2.01. The Kier molecular flexibility index (Phi) is 3.66. The van der Waals surface area contributed by atoms with Crippen molar-refractivity contribution in [1.29, 1.82) is 0 Å². The highest BCUT2D eigenvalue weighted by atomic mass is 32.2. The molecule has 0 heterocycles. The highest BCUT2D eigenvalue weighted by Crippen LogP contribution is 2.25. The third kappa shape index (κ3) is 2.56. The molecule has 0 aliphatic heterocycles. The molecule has 1 rings (SSSR count). The van der Waals surface area contributed by atoms with Gasteiger partial charge in [-0.05, 0) is 32.4 Å². The van der Waals surface area contributed by atoms with Crippen LogP contribution in [-0.2, 0) is 11.1 Å². The largest absolute Gasteiger partial charge is 0.490 e. The van der Waals surface area contributed by atoms with Gasteiger partial charge in [-0.15, -0.1) is 0 Å². The normalized spacial score (nSPS) is 12.9. The molecule has 0 saturated carbocycles. The van der Waals surface area contributed by atoms with Gasteiger partial charge < -0.3 is 9.29 Å². The van der Waals surface area contributed by atoms with Gasteiger partial charge >= 0.3 is 0 Å². The number of rotatable bonds is 3. The van der Waals surface area contributed by atoms with E-state index < -0.39 is 11.1 Å². The van der Waals surface area contributed by atoms with E-state index in [1.165, 1.54) is 0 Å². The smallest absolute Gasteiger partial charge is 0.190 e. The van der Waals surface area contributed by atoms with Gasteiger partial charge in [-0.2, -0.15) is 0 Å². The van der Waals surface area contributed by atoms with Crippen LogP contribution in [0.15, 0.2) is 23.1 Å². The fraction of sp³-hybridized carbons (Fsp3) is 0.400. The van der Waals surface area contributed by atoms with E-state index in [4.69, 9.17) is 9.29 Å². The lowest BCUT2D eigenvalue weighted by atomic mass is 10.2. The SMILES string of the molecule is Cc1cccc(OC(C)C)c1S(=O)O. The minimum Gasteiger partial charge on any atom is -0.490 e. The van der Waals surface area contributed by atoms with E-state index >= 15 is 0 Å². The van der Waals surface area contributed by atoms with Crippen molar-refractivity contribution in [3.63, 3.8) is 0 Å². The van der Waals surface area contributed by atoms with Gasteiger partial charge in [0.1, 0.15) is 10.6 Å². The number of ether oxygens (including phenoxy) is 1. The third-order valence-electron chi connectivity index (χ3n) is 1.71. The standard InChI is InChI=1S/C10H14O3S/c1-7(2)13-9-6-4-5-8(3)10(9)14(11)12/h4-7H,1-3H3,(H,11,12). The third-order valence-corrected chi connectivity index (χ3v) is 2.59. The van der Waals surface area contributed by atoms with E-state index in [9.17, 15) is 4.21 Å². The van der Waals surface area contributed by atoms with Crippen molar-refractivity contribution in [1.82, 2.24) is 0 Å². The summed E-state index contributed by atoms with van der Waals surface area (Å²) in [5.41, 5.74) is 0.768. The summed E-state index contributed by atoms with van der Waals surface area (Å²) < 4.78 is 25.6. The van der Waals surface area contributed by atoms with Crippen LogP contribution in [0.5, 0.6) is 5.75 Å². The molecule has 78 valence electrons. The number of hydrogen-bond acceptors (Lipinski definition) is 2. The Balaban J connectivity index is 3.14. The summed E-state index contributed by atoms with van der Waals surface area (Å²) >= 11 is -1.99. The van der Waals surface area contributed by atoms with Crippen molar-refractivity contribution < 1.29 is 13.5 Å². The monoisotopic (exact) mass is 214 g/mol. The van der Waals surface area contributed by atoms with Gasteiger partial charge in [-0.3, -0.25) is 0 Å². The molecule has 1 N–H and O–H groups in total. The van der Waals surface area contributed by atoms with Gasteiger partial charge in [0, 0.05) is 0 Å². The molecule has 1 unspecified atom stereocenters. The molecule has 0 fully saturated rings. The molecular formula is C10H14O3S. The van der Waals surface area contributed by atoms with Gasteiger partial charge in [-0.1, -0.05) is 12.1 Å². The van der Waals surface area contributed by atoms with Crippen LogP contribution < -0.4 is 4.74 Å². The molecule has 0 amide bonds. The highest BCUT2D eigenvalue weighted by molar-refractivity contribution is 7.79. The topological polar surface area (TPSA) is 46.5 Å². The minimum absolute atomic E-state index is 0.000833. The number of aryl methyl sites for hydroxylation is 1. The second-order valence-electron chi connectivity index (χ2n) is 3.32. The highest BCUT2D eigenvalue weighted by Gasteiger charge is 2.12. The molecule has 1 atom stereocenters. The predicted octanol–water partition coefficient (Wildman–Crippen LogP) is 2.36. The first kappa shape index (κ1) is 11.2. The fourth-order valence-corrected chi connectivity index (χ4v) is 1.83. The van der Waals surface area contributed by atoms with Crippen LogP contribution in [0.2, 0.25) is 0 Å². The van der Waals surface area contributed by atoms with Crippen LogP contribution in [0.25, 0.3) is 0 Å². The summed E-state index contributed by atoms with van der Waals surface area (Å²) in [4.78, 5) is 0.362. The van der Waals surface area contributed by atoms with E-state index in [1.54, 1.807) is 19.1 Å². The molecule has 0 aromatic heterocycles. The Morgan fingerprint density at radius 3 is 2.57 bits per heavy atom. The Morgan fingerprint density at radius 2 is 2.07 bits per heavy atom. The lowest BCUT2D eigenvalue weighted by molar-refractivity contribution is 0.235. The zero-order valence-corrected chi connectivity index (χ0v) is 9.30.